The third-order valence-corrected chi connectivity index (χ3v) is 2.88. The maximum Gasteiger partial charge on any atom is 0.318 e. The van der Waals surface area contributed by atoms with Crippen LogP contribution in [-0.2, 0) is 9.53 Å². The summed E-state index contributed by atoms with van der Waals surface area (Å²) in [6.07, 6.45) is 0.158. The number of cyclic esters (lactones) is 1. The number of ether oxygens (including phenoxy) is 2. The van der Waals surface area contributed by atoms with E-state index >= 15 is 0 Å². The number of hydrogen-bond donors (Lipinski definition) is 0. The van der Waals surface area contributed by atoms with E-state index in [0.717, 1.165) is 11.3 Å². The van der Waals surface area contributed by atoms with E-state index in [2.05, 4.69) is 0 Å². The molecule has 0 bridgehead atoms. The van der Waals surface area contributed by atoms with Gasteiger partial charge < -0.3 is 9.47 Å². The number of rotatable bonds is 3. The van der Waals surface area contributed by atoms with Crippen LogP contribution in [0.3, 0.4) is 0 Å². The maximum absolute atomic E-state index is 11.5. The van der Waals surface area contributed by atoms with Crippen molar-refractivity contribution < 1.29 is 14.3 Å². The Labute approximate surface area is 102 Å². The zero-order chi connectivity index (χ0) is 12.6. The molecule has 0 N–H and O–H groups in total. The minimum Gasteiger partial charge on any atom is -0.491 e. The molecule has 3 nitrogen and oxygen atoms in total. The SMILES string of the molecule is CC(C)Oc1ccc(C2C(=O)OC2(C)C)cc1. The molecule has 1 aromatic carbocycles. The van der Waals surface area contributed by atoms with Crippen molar-refractivity contribution in [1.82, 2.24) is 0 Å². The predicted molar refractivity (Wildman–Crippen MR) is 65.1 cm³/mol. The highest BCUT2D eigenvalue weighted by Crippen LogP contribution is 2.41. The minimum absolute atomic E-state index is 0.146. The van der Waals surface area contributed by atoms with Crippen molar-refractivity contribution in [2.45, 2.75) is 45.3 Å². The average Bonchev–Trinajstić information content (AvgIpc) is 2.18. The molecule has 1 atom stereocenters. The van der Waals surface area contributed by atoms with Gasteiger partial charge in [-0.05, 0) is 45.4 Å². The van der Waals surface area contributed by atoms with E-state index in [0.29, 0.717) is 0 Å². The van der Waals surface area contributed by atoms with Gasteiger partial charge in [-0.1, -0.05) is 12.1 Å². The molecule has 1 unspecified atom stereocenters. The lowest BCUT2D eigenvalue weighted by Crippen LogP contribution is -2.51. The van der Waals surface area contributed by atoms with Crippen LogP contribution in [0, 0.1) is 0 Å². The van der Waals surface area contributed by atoms with Gasteiger partial charge in [0, 0.05) is 0 Å². The van der Waals surface area contributed by atoms with E-state index < -0.39 is 5.60 Å². The zero-order valence-corrected chi connectivity index (χ0v) is 10.7. The second kappa shape index (κ2) is 4.06. The van der Waals surface area contributed by atoms with Gasteiger partial charge in [0.25, 0.3) is 0 Å². The summed E-state index contributed by atoms with van der Waals surface area (Å²) < 4.78 is 10.7. The Morgan fingerprint density at radius 1 is 1.24 bits per heavy atom. The van der Waals surface area contributed by atoms with Crippen molar-refractivity contribution in [1.29, 1.82) is 0 Å². The van der Waals surface area contributed by atoms with Gasteiger partial charge in [-0.25, -0.2) is 0 Å². The molecular weight excluding hydrogens is 216 g/mol. The summed E-state index contributed by atoms with van der Waals surface area (Å²) in [5, 5.41) is 0. The van der Waals surface area contributed by atoms with Crippen LogP contribution in [0.5, 0.6) is 5.75 Å². The molecule has 0 aliphatic carbocycles. The quantitative estimate of drug-likeness (QED) is 0.754. The highest BCUT2D eigenvalue weighted by molar-refractivity contribution is 5.85. The van der Waals surface area contributed by atoms with Gasteiger partial charge in [0.2, 0.25) is 0 Å². The van der Waals surface area contributed by atoms with E-state index in [4.69, 9.17) is 9.47 Å². The Morgan fingerprint density at radius 2 is 1.82 bits per heavy atom. The second-order valence-electron chi connectivity index (χ2n) is 5.19. The van der Waals surface area contributed by atoms with Gasteiger partial charge in [-0.3, -0.25) is 4.79 Å². The number of hydrogen-bond acceptors (Lipinski definition) is 3. The lowest BCUT2D eigenvalue weighted by molar-refractivity contribution is -0.191. The lowest BCUT2D eigenvalue weighted by atomic mass is 9.80. The molecule has 1 aliphatic rings. The molecule has 1 aliphatic heterocycles. The van der Waals surface area contributed by atoms with E-state index in [-0.39, 0.29) is 18.0 Å². The topological polar surface area (TPSA) is 35.5 Å². The average molecular weight is 234 g/mol. The Morgan fingerprint density at radius 3 is 2.24 bits per heavy atom. The third kappa shape index (κ3) is 2.28. The molecule has 92 valence electrons. The van der Waals surface area contributed by atoms with Crippen LogP contribution in [0.15, 0.2) is 24.3 Å². The van der Waals surface area contributed by atoms with Crippen LogP contribution in [0.2, 0.25) is 0 Å². The van der Waals surface area contributed by atoms with Gasteiger partial charge >= 0.3 is 5.97 Å². The molecule has 2 rings (SSSR count). The Hall–Kier alpha value is -1.51. The van der Waals surface area contributed by atoms with Gasteiger partial charge in [-0.15, -0.1) is 0 Å². The highest BCUT2D eigenvalue weighted by Gasteiger charge is 2.50. The molecule has 0 saturated carbocycles. The molecule has 1 heterocycles. The predicted octanol–water partition coefficient (Wildman–Crippen LogP) is 2.89. The Bertz CT molecular complexity index is 418. The van der Waals surface area contributed by atoms with Crippen molar-refractivity contribution in [2.24, 2.45) is 0 Å². The summed E-state index contributed by atoms with van der Waals surface area (Å²) in [5.74, 6) is 0.525. The maximum atomic E-state index is 11.5. The number of esters is 1. The van der Waals surface area contributed by atoms with E-state index in [1.807, 2.05) is 52.0 Å². The van der Waals surface area contributed by atoms with Crippen LogP contribution >= 0.6 is 0 Å². The number of benzene rings is 1. The molecule has 1 aromatic rings. The van der Waals surface area contributed by atoms with Crippen molar-refractivity contribution in [2.75, 3.05) is 0 Å². The van der Waals surface area contributed by atoms with Gasteiger partial charge in [0.1, 0.15) is 17.3 Å². The van der Waals surface area contributed by atoms with Crippen LogP contribution in [0.4, 0.5) is 0 Å². The van der Waals surface area contributed by atoms with Crippen molar-refractivity contribution >= 4 is 5.97 Å². The number of carbonyl (C=O) groups is 1. The molecule has 3 heteroatoms. The van der Waals surface area contributed by atoms with E-state index in [9.17, 15) is 4.79 Å². The normalized spacial score (nSPS) is 21.9. The van der Waals surface area contributed by atoms with Crippen LogP contribution in [0.1, 0.15) is 39.2 Å². The summed E-state index contributed by atoms with van der Waals surface area (Å²) in [6.45, 7) is 7.83. The van der Waals surface area contributed by atoms with Crippen molar-refractivity contribution in [3.63, 3.8) is 0 Å². The monoisotopic (exact) mass is 234 g/mol. The van der Waals surface area contributed by atoms with E-state index in [1.54, 1.807) is 0 Å². The molecule has 0 radical (unpaired) electrons. The zero-order valence-electron chi connectivity index (χ0n) is 10.7. The van der Waals surface area contributed by atoms with Crippen molar-refractivity contribution in [3.05, 3.63) is 29.8 Å². The summed E-state index contributed by atoms with van der Waals surface area (Å²) in [4.78, 5) is 11.5. The Kier molecular flexibility index (Phi) is 2.86. The fourth-order valence-electron chi connectivity index (χ4n) is 2.15. The standard InChI is InChI=1S/C14H18O3/c1-9(2)16-11-7-5-10(6-8-11)12-13(15)17-14(12,3)4/h5-9,12H,1-4H3. The van der Waals surface area contributed by atoms with Crippen LogP contribution in [-0.4, -0.2) is 17.7 Å². The molecule has 0 spiro atoms. The molecule has 0 aromatic heterocycles. The fraction of sp³-hybridized carbons (Fsp3) is 0.500. The summed E-state index contributed by atoms with van der Waals surface area (Å²) >= 11 is 0. The molecule has 17 heavy (non-hydrogen) atoms. The summed E-state index contributed by atoms with van der Waals surface area (Å²) in [5.41, 5.74) is 0.597. The van der Waals surface area contributed by atoms with Gasteiger partial charge in [-0.2, -0.15) is 0 Å². The fourth-order valence-corrected chi connectivity index (χ4v) is 2.15. The Balaban J connectivity index is 2.15. The smallest absolute Gasteiger partial charge is 0.318 e. The van der Waals surface area contributed by atoms with Crippen LogP contribution in [0.25, 0.3) is 0 Å². The third-order valence-electron chi connectivity index (χ3n) is 2.88. The second-order valence-corrected chi connectivity index (χ2v) is 5.19. The first kappa shape index (κ1) is 12.0. The first-order valence-corrected chi connectivity index (χ1v) is 5.89. The lowest BCUT2D eigenvalue weighted by Gasteiger charge is -2.42. The molecule has 0 amide bonds. The van der Waals surface area contributed by atoms with Crippen molar-refractivity contribution in [3.8, 4) is 5.75 Å². The van der Waals surface area contributed by atoms with Gasteiger partial charge in [0.15, 0.2) is 0 Å². The first-order valence-electron chi connectivity index (χ1n) is 5.89. The largest absolute Gasteiger partial charge is 0.491 e. The highest BCUT2D eigenvalue weighted by atomic mass is 16.6. The summed E-state index contributed by atoms with van der Waals surface area (Å²) in [6, 6.07) is 7.67. The molecular formula is C14H18O3. The first-order chi connectivity index (χ1) is 7.90. The molecule has 1 fully saturated rings. The van der Waals surface area contributed by atoms with Gasteiger partial charge in [0.05, 0.1) is 6.10 Å². The van der Waals surface area contributed by atoms with E-state index in [1.165, 1.54) is 0 Å². The summed E-state index contributed by atoms with van der Waals surface area (Å²) in [7, 11) is 0. The number of carbonyl (C=O) groups excluding carboxylic acids is 1. The minimum atomic E-state index is -0.391. The molecule has 1 saturated heterocycles. The van der Waals surface area contributed by atoms with Crippen LogP contribution < -0.4 is 4.74 Å².